The van der Waals surface area contributed by atoms with Crippen LogP contribution in [-0.2, 0) is 0 Å². The van der Waals surface area contributed by atoms with Crippen LogP contribution in [0.25, 0.3) is 0 Å². The first-order valence-corrected chi connectivity index (χ1v) is 8.19. The summed E-state index contributed by atoms with van der Waals surface area (Å²) in [6.45, 7) is 12.3. The highest BCUT2D eigenvalue weighted by Crippen LogP contribution is 2.34. The number of hydrogen-bond acceptors (Lipinski definition) is 3. The number of nitrogens with zero attached hydrogens (tertiary/aromatic N) is 2. The minimum absolute atomic E-state index is 0.595. The molecular weight excluding hydrogens is 234 g/mol. The predicted molar refractivity (Wildman–Crippen MR) is 82.6 cm³/mol. The van der Waals surface area contributed by atoms with E-state index in [0.29, 0.717) is 5.41 Å². The Balaban J connectivity index is 1.50. The van der Waals surface area contributed by atoms with E-state index in [-0.39, 0.29) is 0 Å². The average Bonchev–Trinajstić information content (AvgIpc) is 2.38. The summed E-state index contributed by atoms with van der Waals surface area (Å²) in [5, 5.41) is 3.77. The molecule has 3 heteroatoms. The van der Waals surface area contributed by atoms with Crippen LogP contribution < -0.4 is 5.32 Å². The fourth-order valence-corrected chi connectivity index (χ4v) is 3.28. The van der Waals surface area contributed by atoms with Crippen LogP contribution in [0.3, 0.4) is 0 Å². The molecule has 0 radical (unpaired) electrons. The third-order valence-corrected chi connectivity index (χ3v) is 5.02. The monoisotopic (exact) mass is 267 g/mol. The van der Waals surface area contributed by atoms with Gasteiger partial charge in [0.05, 0.1) is 0 Å². The summed E-state index contributed by atoms with van der Waals surface area (Å²) in [7, 11) is 2.23. The highest BCUT2D eigenvalue weighted by Gasteiger charge is 2.26. The fourth-order valence-electron chi connectivity index (χ4n) is 3.28. The lowest BCUT2D eigenvalue weighted by molar-refractivity contribution is 0.151. The quantitative estimate of drug-likeness (QED) is 0.770. The van der Waals surface area contributed by atoms with Crippen molar-refractivity contribution in [1.29, 1.82) is 0 Å². The Bertz CT molecular complexity index is 247. The topological polar surface area (TPSA) is 18.5 Å². The van der Waals surface area contributed by atoms with Crippen molar-refractivity contribution in [2.24, 2.45) is 5.41 Å². The van der Waals surface area contributed by atoms with Crippen molar-refractivity contribution in [3.63, 3.8) is 0 Å². The Morgan fingerprint density at radius 1 is 1.05 bits per heavy atom. The standard InChI is InChI=1S/C16H33N3/c1-16(2)7-5-15(6-8-16)17-9-4-10-19-13-11-18(3)12-14-19/h15,17H,4-14H2,1-3H3. The van der Waals surface area contributed by atoms with Crippen molar-refractivity contribution in [2.45, 2.75) is 52.0 Å². The molecule has 0 atom stereocenters. The molecule has 2 aliphatic rings. The molecule has 1 aliphatic carbocycles. The van der Waals surface area contributed by atoms with Gasteiger partial charge in [-0.3, -0.25) is 0 Å². The van der Waals surface area contributed by atoms with E-state index in [1.54, 1.807) is 0 Å². The lowest BCUT2D eigenvalue weighted by atomic mass is 9.75. The summed E-state index contributed by atoms with van der Waals surface area (Å²) >= 11 is 0. The van der Waals surface area contributed by atoms with Crippen LogP contribution in [0.1, 0.15) is 46.0 Å². The number of nitrogens with one attached hydrogen (secondary N) is 1. The maximum absolute atomic E-state index is 3.77. The van der Waals surface area contributed by atoms with Crippen LogP contribution in [0.5, 0.6) is 0 Å². The Kier molecular flexibility index (Phi) is 5.67. The number of piperazine rings is 1. The van der Waals surface area contributed by atoms with Gasteiger partial charge in [0, 0.05) is 32.2 Å². The summed E-state index contributed by atoms with van der Waals surface area (Å²) < 4.78 is 0. The minimum Gasteiger partial charge on any atom is -0.314 e. The molecule has 3 nitrogen and oxygen atoms in total. The number of rotatable bonds is 5. The summed E-state index contributed by atoms with van der Waals surface area (Å²) in [6.07, 6.45) is 6.85. The average molecular weight is 267 g/mol. The van der Waals surface area contributed by atoms with Crippen molar-refractivity contribution in [1.82, 2.24) is 15.1 Å². The van der Waals surface area contributed by atoms with Gasteiger partial charge in [-0.2, -0.15) is 0 Å². The zero-order valence-corrected chi connectivity index (χ0v) is 13.2. The van der Waals surface area contributed by atoms with Gasteiger partial charge in [0.15, 0.2) is 0 Å². The summed E-state index contributed by atoms with van der Waals surface area (Å²) in [5.74, 6) is 0. The Hall–Kier alpha value is -0.120. The molecule has 2 rings (SSSR count). The van der Waals surface area contributed by atoms with Gasteiger partial charge in [-0.1, -0.05) is 13.8 Å². The number of likely N-dealkylation sites (N-methyl/N-ethyl adjacent to an activating group) is 1. The Labute approximate surface area is 119 Å². The first-order valence-electron chi connectivity index (χ1n) is 8.19. The highest BCUT2D eigenvalue weighted by molar-refractivity contribution is 4.82. The minimum atomic E-state index is 0.595. The second-order valence-electron chi connectivity index (χ2n) is 7.39. The highest BCUT2D eigenvalue weighted by atomic mass is 15.2. The molecule has 1 saturated carbocycles. The molecule has 0 aromatic carbocycles. The third-order valence-electron chi connectivity index (χ3n) is 5.02. The van der Waals surface area contributed by atoms with Gasteiger partial charge in [-0.15, -0.1) is 0 Å². The van der Waals surface area contributed by atoms with E-state index >= 15 is 0 Å². The van der Waals surface area contributed by atoms with Crippen LogP contribution in [0.2, 0.25) is 0 Å². The zero-order chi connectivity index (χ0) is 13.7. The van der Waals surface area contributed by atoms with Crippen LogP contribution in [0.15, 0.2) is 0 Å². The molecule has 19 heavy (non-hydrogen) atoms. The van der Waals surface area contributed by atoms with Crippen molar-refractivity contribution < 1.29 is 0 Å². The van der Waals surface area contributed by atoms with Gasteiger partial charge in [0.25, 0.3) is 0 Å². The molecule has 0 spiro atoms. The molecule has 0 bridgehead atoms. The molecule has 0 unspecified atom stereocenters. The Morgan fingerprint density at radius 2 is 1.68 bits per heavy atom. The molecule has 2 fully saturated rings. The maximum atomic E-state index is 3.77. The van der Waals surface area contributed by atoms with Crippen LogP contribution >= 0.6 is 0 Å². The molecule has 1 aliphatic heterocycles. The molecule has 0 aromatic heterocycles. The fraction of sp³-hybridized carbons (Fsp3) is 1.00. The first kappa shape index (κ1) is 15.3. The SMILES string of the molecule is CN1CCN(CCCNC2CCC(C)(C)CC2)CC1. The predicted octanol–water partition coefficient (Wildman–Crippen LogP) is 2.18. The third kappa shape index (κ3) is 5.41. The number of hydrogen-bond donors (Lipinski definition) is 1. The lowest BCUT2D eigenvalue weighted by Crippen LogP contribution is -2.45. The van der Waals surface area contributed by atoms with Gasteiger partial charge in [0.2, 0.25) is 0 Å². The molecule has 0 amide bonds. The van der Waals surface area contributed by atoms with Crippen molar-refractivity contribution >= 4 is 0 Å². The second kappa shape index (κ2) is 7.05. The lowest BCUT2D eigenvalue weighted by Gasteiger charge is -2.35. The van der Waals surface area contributed by atoms with E-state index in [1.807, 2.05) is 0 Å². The second-order valence-corrected chi connectivity index (χ2v) is 7.39. The zero-order valence-electron chi connectivity index (χ0n) is 13.2. The smallest absolute Gasteiger partial charge is 0.0110 e. The van der Waals surface area contributed by atoms with E-state index in [9.17, 15) is 0 Å². The van der Waals surface area contributed by atoms with Crippen LogP contribution in [0, 0.1) is 5.41 Å². The van der Waals surface area contributed by atoms with E-state index in [1.165, 1.54) is 71.4 Å². The van der Waals surface area contributed by atoms with E-state index < -0.39 is 0 Å². The van der Waals surface area contributed by atoms with Crippen molar-refractivity contribution in [2.75, 3.05) is 46.3 Å². The maximum Gasteiger partial charge on any atom is 0.0110 e. The molecular formula is C16H33N3. The largest absolute Gasteiger partial charge is 0.314 e. The first-order chi connectivity index (χ1) is 9.05. The van der Waals surface area contributed by atoms with Crippen molar-refractivity contribution in [3.05, 3.63) is 0 Å². The van der Waals surface area contributed by atoms with Gasteiger partial charge in [0.1, 0.15) is 0 Å². The van der Waals surface area contributed by atoms with Crippen molar-refractivity contribution in [3.8, 4) is 0 Å². The summed E-state index contributed by atoms with van der Waals surface area (Å²) in [4.78, 5) is 5.05. The van der Waals surface area contributed by atoms with Crippen LogP contribution in [-0.4, -0.2) is 62.2 Å². The Morgan fingerprint density at radius 3 is 2.32 bits per heavy atom. The van der Waals surface area contributed by atoms with Gasteiger partial charge >= 0.3 is 0 Å². The normalized spacial score (nSPS) is 26.7. The van der Waals surface area contributed by atoms with Gasteiger partial charge < -0.3 is 15.1 Å². The molecule has 1 saturated heterocycles. The molecule has 112 valence electrons. The van der Waals surface area contributed by atoms with E-state index in [0.717, 1.165) is 6.04 Å². The van der Waals surface area contributed by atoms with E-state index in [2.05, 4.69) is 36.0 Å². The molecule has 1 heterocycles. The molecule has 0 aromatic rings. The van der Waals surface area contributed by atoms with Gasteiger partial charge in [-0.05, 0) is 57.7 Å². The van der Waals surface area contributed by atoms with Crippen LogP contribution in [0.4, 0.5) is 0 Å². The van der Waals surface area contributed by atoms with E-state index in [4.69, 9.17) is 0 Å². The summed E-state index contributed by atoms with van der Waals surface area (Å²) in [6, 6.07) is 0.792. The molecule has 1 N–H and O–H groups in total. The summed E-state index contributed by atoms with van der Waals surface area (Å²) in [5.41, 5.74) is 0.595. The van der Waals surface area contributed by atoms with Gasteiger partial charge in [-0.25, -0.2) is 0 Å².